The van der Waals surface area contributed by atoms with Gasteiger partial charge in [0.05, 0.1) is 36.0 Å². The Balaban J connectivity index is 2.99. The van der Waals surface area contributed by atoms with Crippen LogP contribution in [0.15, 0.2) is 36.4 Å². The molecule has 2 aromatic rings. The summed E-state index contributed by atoms with van der Waals surface area (Å²) in [6, 6.07) is 15.3. The molecule has 0 aliphatic heterocycles. The van der Waals surface area contributed by atoms with Gasteiger partial charge < -0.3 is 0 Å². The third-order valence-corrected chi connectivity index (χ3v) is 23.7. The van der Waals surface area contributed by atoms with Gasteiger partial charge in [-0.25, -0.2) is 0 Å². The second kappa shape index (κ2) is 11.9. The number of rotatable bonds is 8. The standard InChI is InChI=1S/C35H61P3/c1-24(2)37(16,25(3)4)32-22-28(34(9,10)11)18-20-30(32)36(15)31-21-19-29(35(12,13)14)23-33(31)38(17,26(5)6)27(7)8/h18-27H,1-17H3/q+2. The fourth-order valence-electron chi connectivity index (χ4n) is 5.75. The number of hydrogen-bond acceptors (Lipinski definition) is 0. The summed E-state index contributed by atoms with van der Waals surface area (Å²) in [7, 11) is -3.24. The van der Waals surface area contributed by atoms with E-state index in [1.165, 1.54) is 11.1 Å². The zero-order chi connectivity index (χ0) is 29.6. The minimum Gasteiger partial charge on any atom is -0.0576 e. The molecule has 0 saturated heterocycles. The molecule has 0 amide bonds. The zero-order valence-electron chi connectivity index (χ0n) is 28.1. The molecular weight excluding hydrogens is 513 g/mol. The SMILES string of the molecule is CC(C)[P+](C)(c1cc(C(C)(C)C)ccc1P(C)c1ccc(C(C)(C)C)cc1[P+](C)(C(C)C)C(C)C)C(C)C. The van der Waals surface area contributed by atoms with E-state index < -0.39 is 22.4 Å². The van der Waals surface area contributed by atoms with Crippen LogP contribution in [0.1, 0.15) is 108 Å². The first kappa shape index (κ1) is 33.9. The molecule has 0 N–H and O–H groups in total. The van der Waals surface area contributed by atoms with Crippen LogP contribution >= 0.6 is 22.4 Å². The molecule has 0 radical (unpaired) electrons. The van der Waals surface area contributed by atoms with Crippen molar-refractivity contribution in [1.29, 1.82) is 0 Å². The molecule has 0 fully saturated rings. The minimum absolute atomic E-state index is 0.154. The Kier molecular flexibility index (Phi) is 10.6. The van der Waals surface area contributed by atoms with E-state index in [1.54, 1.807) is 21.2 Å². The largest absolute Gasteiger partial charge is 0.102 e. The molecule has 0 aromatic heterocycles. The highest BCUT2D eigenvalue weighted by atomic mass is 31.2. The highest BCUT2D eigenvalue weighted by Gasteiger charge is 2.47. The minimum atomic E-state index is -1.38. The second-order valence-corrected chi connectivity index (χ2v) is 26.9. The first-order chi connectivity index (χ1) is 17.1. The molecule has 2 aromatic carbocycles. The number of hydrogen-bond donors (Lipinski definition) is 0. The Morgan fingerprint density at radius 3 is 1.00 bits per heavy atom. The molecule has 2 rings (SSSR count). The van der Waals surface area contributed by atoms with Gasteiger partial charge in [-0.15, -0.1) is 0 Å². The summed E-state index contributed by atoms with van der Waals surface area (Å²) in [6.07, 6.45) is 0. The van der Waals surface area contributed by atoms with Crippen LogP contribution in [0.2, 0.25) is 0 Å². The maximum absolute atomic E-state index is 2.64. The molecule has 0 heterocycles. The Morgan fingerprint density at radius 1 is 0.526 bits per heavy atom. The van der Waals surface area contributed by atoms with E-state index in [1.807, 2.05) is 0 Å². The second-order valence-electron chi connectivity index (χ2n) is 15.1. The molecule has 0 saturated carbocycles. The summed E-state index contributed by atoms with van der Waals surface area (Å²) in [6.45, 7) is 41.8. The van der Waals surface area contributed by atoms with Crippen molar-refractivity contribution in [3.63, 3.8) is 0 Å². The first-order valence-corrected chi connectivity index (χ1v) is 21.4. The molecule has 38 heavy (non-hydrogen) atoms. The van der Waals surface area contributed by atoms with Gasteiger partial charge in [0.1, 0.15) is 10.6 Å². The fourth-order valence-corrected chi connectivity index (χ4v) is 16.2. The van der Waals surface area contributed by atoms with Crippen molar-refractivity contribution >= 4 is 43.7 Å². The van der Waals surface area contributed by atoms with Crippen molar-refractivity contribution < 1.29 is 0 Å². The van der Waals surface area contributed by atoms with Crippen molar-refractivity contribution in [1.82, 2.24) is 0 Å². The van der Waals surface area contributed by atoms with E-state index in [0.29, 0.717) is 22.6 Å². The zero-order valence-corrected chi connectivity index (χ0v) is 30.8. The lowest BCUT2D eigenvalue weighted by Gasteiger charge is -2.37. The van der Waals surface area contributed by atoms with E-state index in [0.717, 1.165) is 0 Å². The lowest BCUT2D eigenvalue weighted by molar-refractivity contribution is 0.590. The van der Waals surface area contributed by atoms with Crippen LogP contribution in [0.25, 0.3) is 0 Å². The normalized spacial score (nSPS) is 14.1. The van der Waals surface area contributed by atoms with E-state index in [-0.39, 0.29) is 10.8 Å². The maximum atomic E-state index is 2.64. The molecule has 0 bridgehead atoms. The Labute approximate surface area is 241 Å². The maximum Gasteiger partial charge on any atom is 0.102 e. The smallest absolute Gasteiger partial charge is 0.0576 e. The third kappa shape index (κ3) is 6.45. The molecule has 0 spiro atoms. The number of benzene rings is 2. The molecule has 0 aliphatic rings. The van der Waals surface area contributed by atoms with Crippen molar-refractivity contribution in [2.75, 3.05) is 20.0 Å². The van der Waals surface area contributed by atoms with Crippen molar-refractivity contribution in [3.8, 4) is 0 Å². The van der Waals surface area contributed by atoms with Gasteiger partial charge in [0.2, 0.25) is 0 Å². The van der Waals surface area contributed by atoms with E-state index >= 15 is 0 Å². The van der Waals surface area contributed by atoms with Crippen LogP contribution in [0.5, 0.6) is 0 Å². The van der Waals surface area contributed by atoms with Crippen LogP contribution in [0.4, 0.5) is 0 Å². The Bertz CT molecular complexity index is 990. The molecular formula is C35H61P3+2. The molecule has 0 nitrogen and oxygen atoms in total. The predicted octanol–water partition coefficient (Wildman–Crippen LogP) is 9.52. The van der Waals surface area contributed by atoms with Crippen molar-refractivity contribution in [2.45, 2.75) is 130 Å². The highest BCUT2D eigenvalue weighted by Crippen LogP contribution is 2.64. The summed E-state index contributed by atoms with van der Waals surface area (Å²) >= 11 is 0. The quantitative estimate of drug-likeness (QED) is 0.276. The highest BCUT2D eigenvalue weighted by molar-refractivity contribution is 7.88. The summed E-state index contributed by atoms with van der Waals surface area (Å²) in [5, 5.41) is 6.66. The van der Waals surface area contributed by atoms with Gasteiger partial charge in [0.15, 0.2) is 0 Å². The van der Waals surface area contributed by atoms with Crippen LogP contribution in [-0.2, 0) is 10.8 Å². The Hall–Kier alpha value is -0.270. The summed E-state index contributed by atoms with van der Waals surface area (Å²) < 4.78 is 0. The van der Waals surface area contributed by atoms with E-state index in [4.69, 9.17) is 0 Å². The molecule has 214 valence electrons. The summed E-state index contributed by atoms with van der Waals surface area (Å²) in [5.74, 6) is 0. The van der Waals surface area contributed by atoms with Crippen molar-refractivity contribution in [3.05, 3.63) is 47.5 Å². The molecule has 0 unspecified atom stereocenters. The van der Waals surface area contributed by atoms with Gasteiger partial charge in [-0.3, -0.25) is 0 Å². The fraction of sp³-hybridized carbons (Fsp3) is 0.657. The van der Waals surface area contributed by atoms with Gasteiger partial charge in [-0.05, 0) is 116 Å². The van der Waals surface area contributed by atoms with Gasteiger partial charge in [0.25, 0.3) is 0 Å². The molecule has 0 aliphatic carbocycles. The van der Waals surface area contributed by atoms with Gasteiger partial charge in [-0.2, -0.15) is 0 Å². The lowest BCUT2D eigenvalue weighted by atomic mass is 9.87. The lowest BCUT2D eigenvalue weighted by Crippen LogP contribution is -2.40. The first-order valence-electron chi connectivity index (χ1n) is 14.9. The molecule has 0 atom stereocenters. The topological polar surface area (TPSA) is 0 Å². The molecule has 3 heteroatoms. The van der Waals surface area contributed by atoms with Gasteiger partial charge in [0, 0.05) is 25.1 Å². The van der Waals surface area contributed by atoms with Crippen LogP contribution in [0.3, 0.4) is 0 Å². The van der Waals surface area contributed by atoms with E-state index in [2.05, 4.69) is 153 Å². The third-order valence-electron chi connectivity index (χ3n) is 9.73. The average Bonchev–Trinajstić information content (AvgIpc) is 2.79. The summed E-state index contributed by atoms with van der Waals surface area (Å²) in [5.41, 5.74) is 5.97. The Morgan fingerprint density at radius 2 is 0.789 bits per heavy atom. The van der Waals surface area contributed by atoms with Gasteiger partial charge in [-0.1, -0.05) is 53.7 Å². The average molecular weight is 575 g/mol. The van der Waals surface area contributed by atoms with Crippen LogP contribution < -0.4 is 21.2 Å². The monoisotopic (exact) mass is 574 g/mol. The van der Waals surface area contributed by atoms with Crippen LogP contribution in [-0.4, -0.2) is 42.6 Å². The van der Waals surface area contributed by atoms with Crippen LogP contribution in [0, 0.1) is 0 Å². The van der Waals surface area contributed by atoms with Crippen molar-refractivity contribution in [2.24, 2.45) is 0 Å². The summed E-state index contributed by atoms with van der Waals surface area (Å²) in [4.78, 5) is 0. The predicted molar refractivity (Wildman–Crippen MR) is 188 cm³/mol. The van der Waals surface area contributed by atoms with E-state index in [9.17, 15) is 0 Å². The van der Waals surface area contributed by atoms with Gasteiger partial charge >= 0.3 is 0 Å².